The second-order valence-electron chi connectivity index (χ2n) is 3.82. The van der Waals surface area contributed by atoms with Gasteiger partial charge in [-0.15, -0.1) is 0 Å². The third-order valence-electron chi connectivity index (χ3n) is 2.99. The van der Waals surface area contributed by atoms with Crippen LogP contribution in [0.15, 0.2) is 0 Å². The largest absolute Gasteiger partial charge is 0.469 e. The lowest BCUT2D eigenvalue weighted by molar-refractivity contribution is -0.149. The quantitative estimate of drug-likeness (QED) is 0.591. The Morgan fingerprint density at radius 3 is 2.85 bits per heavy atom. The lowest BCUT2D eigenvalue weighted by Gasteiger charge is -2.30. The maximum absolute atomic E-state index is 11.4. The maximum atomic E-state index is 11.4. The average Bonchev–Trinajstić information content (AvgIpc) is 2.84. The Morgan fingerprint density at radius 2 is 2.31 bits per heavy atom. The van der Waals surface area contributed by atoms with Crippen LogP contribution < -0.4 is 5.32 Å². The van der Waals surface area contributed by atoms with Crippen molar-refractivity contribution in [2.45, 2.75) is 31.2 Å². The Labute approximate surface area is 76.6 Å². The van der Waals surface area contributed by atoms with Crippen LogP contribution in [0.3, 0.4) is 0 Å². The summed E-state index contributed by atoms with van der Waals surface area (Å²) in [7, 11) is 1.40. The lowest BCUT2D eigenvalue weighted by Crippen LogP contribution is -2.50. The number of carbonyl (C=O) groups is 2. The van der Waals surface area contributed by atoms with Gasteiger partial charge in [0.05, 0.1) is 18.6 Å². The minimum Gasteiger partial charge on any atom is -0.469 e. The second kappa shape index (κ2) is 2.72. The van der Waals surface area contributed by atoms with Gasteiger partial charge < -0.3 is 10.1 Å². The van der Waals surface area contributed by atoms with Crippen LogP contribution >= 0.6 is 0 Å². The summed E-state index contributed by atoms with van der Waals surface area (Å²) < 4.78 is 4.71. The molecule has 1 unspecified atom stereocenters. The van der Waals surface area contributed by atoms with Gasteiger partial charge in [-0.3, -0.25) is 9.59 Å². The Kier molecular flexibility index (Phi) is 1.78. The predicted octanol–water partition coefficient (Wildman–Crippen LogP) is 0.218. The summed E-state index contributed by atoms with van der Waals surface area (Å²) in [4.78, 5) is 22.5. The van der Waals surface area contributed by atoms with Crippen molar-refractivity contribution in [3.8, 4) is 0 Å². The molecule has 1 aliphatic carbocycles. The number of nitrogens with one attached hydrogen (secondary N) is 1. The lowest BCUT2D eigenvalue weighted by atomic mass is 9.88. The van der Waals surface area contributed by atoms with Crippen LogP contribution in [0.25, 0.3) is 0 Å². The molecular weight excluding hydrogens is 170 g/mol. The van der Waals surface area contributed by atoms with Gasteiger partial charge in [-0.1, -0.05) is 0 Å². The number of amides is 1. The molecule has 1 saturated heterocycles. The molecule has 2 rings (SSSR count). The van der Waals surface area contributed by atoms with Crippen LogP contribution in [-0.2, 0) is 14.3 Å². The van der Waals surface area contributed by atoms with Gasteiger partial charge in [-0.05, 0) is 19.3 Å². The zero-order valence-corrected chi connectivity index (χ0v) is 7.63. The number of hydrogen-bond donors (Lipinski definition) is 1. The second-order valence-corrected chi connectivity index (χ2v) is 3.82. The molecule has 0 bridgehead atoms. The van der Waals surface area contributed by atoms with E-state index in [0.29, 0.717) is 12.8 Å². The van der Waals surface area contributed by atoms with Gasteiger partial charge in [-0.2, -0.15) is 0 Å². The summed E-state index contributed by atoms with van der Waals surface area (Å²) in [5.41, 5.74) is -0.234. The van der Waals surface area contributed by atoms with Gasteiger partial charge in [0.2, 0.25) is 5.91 Å². The monoisotopic (exact) mass is 183 g/mol. The van der Waals surface area contributed by atoms with Gasteiger partial charge in [0.25, 0.3) is 0 Å². The Hall–Kier alpha value is -1.06. The van der Waals surface area contributed by atoms with Gasteiger partial charge in [0, 0.05) is 6.42 Å². The molecule has 0 radical (unpaired) electrons. The summed E-state index contributed by atoms with van der Waals surface area (Å²) in [6, 6.07) is 0. The predicted molar refractivity (Wildman–Crippen MR) is 44.8 cm³/mol. The van der Waals surface area contributed by atoms with E-state index in [-0.39, 0.29) is 23.3 Å². The van der Waals surface area contributed by atoms with E-state index in [1.54, 1.807) is 0 Å². The smallest absolute Gasteiger partial charge is 0.311 e. The average molecular weight is 183 g/mol. The van der Waals surface area contributed by atoms with E-state index >= 15 is 0 Å². The highest BCUT2D eigenvalue weighted by molar-refractivity contribution is 5.83. The van der Waals surface area contributed by atoms with E-state index in [9.17, 15) is 9.59 Å². The van der Waals surface area contributed by atoms with Gasteiger partial charge in [0.1, 0.15) is 0 Å². The molecule has 1 saturated carbocycles. The molecule has 2 aliphatic rings. The number of ether oxygens (including phenoxy) is 1. The van der Waals surface area contributed by atoms with Crippen molar-refractivity contribution in [3.63, 3.8) is 0 Å². The number of hydrogen-bond acceptors (Lipinski definition) is 3. The summed E-state index contributed by atoms with van der Waals surface area (Å²) in [6.07, 6.45) is 2.91. The SMILES string of the molecule is COC(=O)C1CCC(=O)NC12CC2. The first-order valence-electron chi connectivity index (χ1n) is 4.57. The van der Waals surface area contributed by atoms with Crippen molar-refractivity contribution in [3.05, 3.63) is 0 Å². The molecule has 72 valence electrons. The normalized spacial score (nSPS) is 29.6. The number of esters is 1. The van der Waals surface area contributed by atoms with Gasteiger partial charge in [-0.25, -0.2) is 0 Å². The first kappa shape index (κ1) is 8.53. The minimum absolute atomic E-state index is 0.0673. The van der Waals surface area contributed by atoms with Crippen molar-refractivity contribution in [1.82, 2.24) is 5.32 Å². The van der Waals surface area contributed by atoms with E-state index in [1.165, 1.54) is 7.11 Å². The highest BCUT2D eigenvalue weighted by Gasteiger charge is 2.55. The summed E-state index contributed by atoms with van der Waals surface area (Å²) in [6.45, 7) is 0. The first-order chi connectivity index (χ1) is 6.18. The van der Waals surface area contributed by atoms with Crippen molar-refractivity contribution in [2.75, 3.05) is 7.11 Å². The molecule has 1 atom stereocenters. The molecule has 1 N–H and O–H groups in total. The van der Waals surface area contributed by atoms with Crippen molar-refractivity contribution < 1.29 is 14.3 Å². The molecule has 13 heavy (non-hydrogen) atoms. The van der Waals surface area contributed by atoms with Crippen molar-refractivity contribution in [1.29, 1.82) is 0 Å². The summed E-state index contributed by atoms with van der Waals surface area (Å²) in [5.74, 6) is -0.231. The molecule has 1 amide bonds. The van der Waals surface area contributed by atoms with E-state index in [1.807, 2.05) is 0 Å². The van der Waals surface area contributed by atoms with Crippen LogP contribution in [-0.4, -0.2) is 24.5 Å². The maximum Gasteiger partial charge on any atom is 0.311 e. The Bertz CT molecular complexity index is 258. The molecule has 1 spiro atoms. The number of rotatable bonds is 1. The third-order valence-corrected chi connectivity index (χ3v) is 2.99. The molecule has 0 aromatic carbocycles. The highest BCUT2D eigenvalue weighted by Crippen LogP contribution is 2.46. The molecule has 4 heteroatoms. The molecule has 4 nitrogen and oxygen atoms in total. The topological polar surface area (TPSA) is 55.4 Å². The Morgan fingerprint density at radius 1 is 1.62 bits per heavy atom. The van der Waals surface area contributed by atoms with Crippen LogP contribution in [0.4, 0.5) is 0 Å². The fraction of sp³-hybridized carbons (Fsp3) is 0.778. The number of carbonyl (C=O) groups excluding carboxylic acids is 2. The molecule has 1 heterocycles. The molecule has 2 fully saturated rings. The van der Waals surface area contributed by atoms with Crippen molar-refractivity contribution in [2.24, 2.45) is 5.92 Å². The zero-order chi connectivity index (χ0) is 9.47. The fourth-order valence-electron chi connectivity index (χ4n) is 2.07. The minimum atomic E-state index is -0.234. The molecule has 0 aromatic heterocycles. The van der Waals surface area contributed by atoms with Crippen LogP contribution in [0.2, 0.25) is 0 Å². The highest BCUT2D eigenvalue weighted by atomic mass is 16.5. The van der Waals surface area contributed by atoms with E-state index < -0.39 is 0 Å². The van der Waals surface area contributed by atoms with Gasteiger partial charge in [0.15, 0.2) is 0 Å². The number of methoxy groups -OCH3 is 1. The van der Waals surface area contributed by atoms with E-state index in [2.05, 4.69) is 5.32 Å². The van der Waals surface area contributed by atoms with Crippen LogP contribution in [0, 0.1) is 5.92 Å². The zero-order valence-electron chi connectivity index (χ0n) is 7.63. The van der Waals surface area contributed by atoms with Crippen LogP contribution in [0.5, 0.6) is 0 Å². The van der Waals surface area contributed by atoms with Crippen LogP contribution in [0.1, 0.15) is 25.7 Å². The fourth-order valence-corrected chi connectivity index (χ4v) is 2.07. The Balaban J connectivity index is 2.11. The summed E-state index contributed by atoms with van der Waals surface area (Å²) in [5, 5.41) is 2.89. The molecule has 0 aromatic rings. The molecule has 1 aliphatic heterocycles. The number of piperidine rings is 1. The van der Waals surface area contributed by atoms with E-state index in [0.717, 1.165) is 12.8 Å². The van der Waals surface area contributed by atoms with Crippen molar-refractivity contribution >= 4 is 11.9 Å². The van der Waals surface area contributed by atoms with Gasteiger partial charge >= 0.3 is 5.97 Å². The third kappa shape index (κ3) is 1.30. The first-order valence-corrected chi connectivity index (χ1v) is 4.57. The van der Waals surface area contributed by atoms with E-state index in [4.69, 9.17) is 4.74 Å². The standard InChI is InChI=1S/C9H13NO3/c1-13-8(12)6-2-3-7(11)10-9(6)4-5-9/h6H,2-5H2,1H3,(H,10,11). The summed E-state index contributed by atoms with van der Waals surface area (Å²) >= 11 is 0. The molecular formula is C9H13NO3.